The number of rotatable bonds is 8. The lowest BCUT2D eigenvalue weighted by molar-refractivity contribution is 0.172. The molecule has 34 heavy (non-hydrogen) atoms. The second kappa shape index (κ2) is 10.8. The number of aromatic amines is 1. The number of hydrogen-bond donors (Lipinski definition) is 2. The van der Waals surface area contributed by atoms with E-state index >= 15 is 0 Å². The molecule has 1 aliphatic rings. The zero-order chi connectivity index (χ0) is 24.1. The Bertz CT molecular complexity index is 1230. The first-order valence-electron chi connectivity index (χ1n) is 11.5. The van der Waals surface area contributed by atoms with Crippen molar-refractivity contribution in [3.63, 3.8) is 0 Å². The molecule has 4 rings (SSSR count). The van der Waals surface area contributed by atoms with Crippen molar-refractivity contribution in [1.82, 2.24) is 14.8 Å². The predicted octanol–water partition coefficient (Wildman–Crippen LogP) is 4.33. The summed E-state index contributed by atoms with van der Waals surface area (Å²) < 4.78 is 11.3. The van der Waals surface area contributed by atoms with E-state index in [1.165, 1.54) is 0 Å². The molecule has 9 heteroatoms. The SMILES string of the molecule is CCN(CC)CCN(Cc1cc2cc3c(cc2[nH]c1=O)OCCO3)C(=O)Nc1cccc(Cl)c1. The number of carbonyl (C=O) groups is 1. The Hall–Kier alpha value is -3.23. The van der Waals surface area contributed by atoms with Crippen molar-refractivity contribution in [2.75, 3.05) is 44.7 Å². The molecule has 0 bridgehead atoms. The number of hydrogen-bond acceptors (Lipinski definition) is 5. The molecule has 1 aromatic heterocycles. The molecule has 0 fully saturated rings. The highest BCUT2D eigenvalue weighted by Crippen LogP contribution is 2.33. The van der Waals surface area contributed by atoms with Crippen LogP contribution >= 0.6 is 11.6 Å². The zero-order valence-electron chi connectivity index (χ0n) is 19.4. The smallest absolute Gasteiger partial charge is 0.322 e. The number of aromatic nitrogens is 1. The molecule has 2 N–H and O–H groups in total. The molecule has 2 amide bonds. The lowest BCUT2D eigenvalue weighted by Gasteiger charge is -2.27. The number of nitrogens with one attached hydrogen (secondary N) is 2. The summed E-state index contributed by atoms with van der Waals surface area (Å²) in [5.74, 6) is 1.26. The van der Waals surface area contributed by atoms with E-state index in [2.05, 4.69) is 29.0 Å². The van der Waals surface area contributed by atoms with Crippen molar-refractivity contribution in [2.24, 2.45) is 0 Å². The maximum Gasteiger partial charge on any atom is 0.322 e. The number of pyridine rings is 1. The van der Waals surface area contributed by atoms with E-state index in [0.29, 0.717) is 59.6 Å². The standard InChI is InChI=1S/C25H29ClN4O4/c1-3-29(4-2)8-9-30(25(32)27-20-7-5-6-19(26)14-20)16-18-12-17-13-22-23(34-11-10-33-22)15-21(17)28-24(18)31/h5-7,12-15H,3-4,8-11,16H2,1-2H3,(H,27,32)(H,28,31). The third-order valence-corrected chi connectivity index (χ3v) is 6.12. The quantitative estimate of drug-likeness (QED) is 0.497. The summed E-state index contributed by atoms with van der Waals surface area (Å²) in [6, 6.07) is 12.1. The van der Waals surface area contributed by atoms with Gasteiger partial charge in [0.1, 0.15) is 13.2 Å². The van der Waals surface area contributed by atoms with Gasteiger partial charge in [0.05, 0.1) is 12.1 Å². The summed E-state index contributed by atoms with van der Waals surface area (Å²) in [7, 11) is 0. The number of fused-ring (bicyclic) bond motifs is 2. The van der Waals surface area contributed by atoms with Gasteiger partial charge >= 0.3 is 6.03 Å². The predicted molar refractivity (Wildman–Crippen MR) is 134 cm³/mol. The topological polar surface area (TPSA) is 86.9 Å². The highest BCUT2D eigenvalue weighted by atomic mass is 35.5. The van der Waals surface area contributed by atoms with E-state index in [4.69, 9.17) is 21.1 Å². The number of carbonyl (C=O) groups excluding carboxylic acids is 1. The van der Waals surface area contributed by atoms with Crippen LogP contribution in [0.15, 0.2) is 47.3 Å². The van der Waals surface area contributed by atoms with E-state index in [9.17, 15) is 9.59 Å². The monoisotopic (exact) mass is 484 g/mol. The van der Waals surface area contributed by atoms with Gasteiger partial charge in [-0.1, -0.05) is 31.5 Å². The van der Waals surface area contributed by atoms with Crippen molar-refractivity contribution in [3.05, 3.63) is 63.4 Å². The largest absolute Gasteiger partial charge is 0.486 e. The number of nitrogens with zero attached hydrogens (tertiary/aromatic N) is 2. The average Bonchev–Trinajstić information content (AvgIpc) is 2.83. The molecular weight excluding hydrogens is 456 g/mol. The van der Waals surface area contributed by atoms with Gasteiger partial charge in [-0.05, 0) is 43.4 Å². The Morgan fingerprint density at radius 1 is 1.06 bits per heavy atom. The van der Waals surface area contributed by atoms with Crippen LogP contribution in [-0.2, 0) is 6.54 Å². The molecule has 180 valence electrons. The van der Waals surface area contributed by atoms with Crippen LogP contribution in [0.5, 0.6) is 11.5 Å². The maximum atomic E-state index is 13.2. The number of likely N-dealkylation sites (N-methyl/N-ethyl adjacent to an activating group) is 1. The number of urea groups is 1. The number of anilines is 1. The number of H-pyrrole nitrogens is 1. The van der Waals surface area contributed by atoms with Gasteiger partial charge in [0.15, 0.2) is 11.5 Å². The number of halogens is 1. The lowest BCUT2D eigenvalue weighted by Crippen LogP contribution is -2.41. The lowest BCUT2D eigenvalue weighted by atomic mass is 10.1. The number of benzene rings is 2. The molecule has 0 unspecified atom stereocenters. The molecule has 0 aliphatic carbocycles. The Morgan fingerprint density at radius 2 is 1.79 bits per heavy atom. The fourth-order valence-corrected chi connectivity index (χ4v) is 4.12. The zero-order valence-corrected chi connectivity index (χ0v) is 20.2. The third kappa shape index (κ3) is 5.63. The first-order chi connectivity index (χ1) is 16.5. The van der Waals surface area contributed by atoms with Crippen molar-refractivity contribution in [2.45, 2.75) is 20.4 Å². The number of amides is 2. The van der Waals surface area contributed by atoms with E-state index in [1.807, 2.05) is 12.1 Å². The van der Waals surface area contributed by atoms with Gasteiger partial charge in [-0.3, -0.25) is 4.79 Å². The van der Waals surface area contributed by atoms with Crippen LogP contribution in [0.1, 0.15) is 19.4 Å². The summed E-state index contributed by atoms with van der Waals surface area (Å²) in [5.41, 5.74) is 1.51. The van der Waals surface area contributed by atoms with Crippen molar-refractivity contribution < 1.29 is 14.3 Å². The summed E-state index contributed by atoms with van der Waals surface area (Å²) in [6.45, 7) is 8.20. The second-order valence-corrected chi connectivity index (χ2v) is 8.53. The molecule has 3 aromatic rings. The maximum absolute atomic E-state index is 13.2. The molecule has 0 spiro atoms. The highest BCUT2D eigenvalue weighted by molar-refractivity contribution is 6.30. The Labute approximate surface area is 203 Å². The average molecular weight is 485 g/mol. The van der Waals surface area contributed by atoms with E-state index in [0.717, 1.165) is 18.5 Å². The Kier molecular flexibility index (Phi) is 7.59. The molecule has 0 saturated carbocycles. The molecule has 0 atom stereocenters. The first-order valence-corrected chi connectivity index (χ1v) is 11.8. The summed E-state index contributed by atoms with van der Waals surface area (Å²) in [5, 5.41) is 4.25. The van der Waals surface area contributed by atoms with E-state index < -0.39 is 0 Å². The van der Waals surface area contributed by atoms with Crippen molar-refractivity contribution in [3.8, 4) is 11.5 Å². The second-order valence-electron chi connectivity index (χ2n) is 8.10. The molecule has 8 nitrogen and oxygen atoms in total. The first kappa shape index (κ1) is 23.9. The summed E-state index contributed by atoms with van der Waals surface area (Å²) in [6.07, 6.45) is 0. The van der Waals surface area contributed by atoms with Gasteiger partial charge in [-0.2, -0.15) is 0 Å². The minimum atomic E-state index is -0.295. The van der Waals surface area contributed by atoms with Crippen LogP contribution in [0, 0.1) is 0 Å². The van der Waals surface area contributed by atoms with E-state index in [-0.39, 0.29) is 18.1 Å². The number of ether oxygens (including phenoxy) is 2. The van der Waals surface area contributed by atoms with Gasteiger partial charge in [-0.25, -0.2) is 4.79 Å². The van der Waals surface area contributed by atoms with Crippen LogP contribution in [0.3, 0.4) is 0 Å². The van der Waals surface area contributed by atoms with Crippen LogP contribution < -0.4 is 20.3 Å². The molecule has 0 radical (unpaired) electrons. The van der Waals surface area contributed by atoms with Crippen LogP contribution in [0.25, 0.3) is 10.9 Å². The minimum absolute atomic E-state index is 0.160. The fourth-order valence-electron chi connectivity index (χ4n) is 3.93. The summed E-state index contributed by atoms with van der Waals surface area (Å²) in [4.78, 5) is 32.9. The van der Waals surface area contributed by atoms with Crippen molar-refractivity contribution in [1.29, 1.82) is 0 Å². The highest BCUT2D eigenvalue weighted by Gasteiger charge is 2.19. The molecule has 0 saturated heterocycles. The van der Waals surface area contributed by atoms with Gasteiger partial charge in [0, 0.05) is 40.8 Å². The Morgan fingerprint density at radius 3 is 2.50 bits per heavy atom. The fraction of sp³-hybridized carbons (Fsp3) is 0.360. The third-order valence-electron chi connectivity index (χ3n) is 5.89. The Balaban J connectivity index is 1.60. The van der Waals surface area contributed by atoms with Crippen LogP contribution in [-0.4, -0.2) is 60.2 Å². The van der Waals surface area contributed by atoms with Crippen LogP contribution in [0.2, 0.25) is 5.02 Å². The van der Waals surface area contributed by atoms with Gasteiger partial charge < -0.3 is 29.6 Å². The molecule has 2 heterocycles. The molecule has 1 aliphatic heterocycles. The van der Waals surface area contributed by atoms with Gasteiger partial charge in [0.2, 0.25) is 0 Å². The van der Waals surface area contributed by atoms with Gasteiger partial charge in [0.25, 0.3) is 5.56 Å². The normalized spacial score (nSPS) is 12.7. The minimum Gasteiger partial charge on any atom is -0.486 e. The van der Waals surface area contributed by atoms with Gasteiger partial charge in [-0.15, -0.1) is 0 Å². The van der Waals surface area contributed by atoms with Crippen molar-refractivity contribution >= 4 is 34.2 Å². The summed E-state index contributed by atoms with van der Waals surface area (Å²) >= 11 is 6.07. The molecular formula is C25H29ClN4O4. The molecule has 2 aromatic carbocycles. The van der Waals surface area contributed by atoms with Crippen LogP contribution in [0.4, 0.5) is 10.5 Å². The van der Waals surface area contributed by atoms with E-state index in [1.54, 1.807) is 35.2 Å².